The van der Waals surface area contributed by atoms with Gasteiger partial charge in [0, 0.05) is 75.5 Å². The molecule has 0 unspecified atom stereocenters. The average Bonchev–Trinajstić information content (AvgIpc) is 2.67. The fraction of sp³-hybridized carbons (Fsp3) is 0.440. The zero-order valence-electron chi connectivity index (χ0n) is 17.9. The summed E-state index contributed by atoms with van der Waals surface area (Å²) in [5.74, 6) is 0.542. The first-order valence-electron chi connectivity index (χ1n) is 9.60. The molecule has 0 amide bonds. The standard InChI is InChI=1S/C18H18.3C2H6.CH4.2Ar/c1-12(2)18-16-10-6-4-8-14(16)13(3)15-9-5-7-11-17(15)18;3*1-2;;;/h4-12H,1-3H3;3*1-2H3;1H4;;. The number of benzene rings is 3. The molecule has 0 spiro atoms. The fourth-order valence-corrected chi connectivity index (χ4v) is 3.00. The SMILES string of the molecule is C.CC.CC.CC.Cc1c2ccccc2c(C(C)C)c2ccccc12.[Ar].[Ar]. The summed E-state index contributed by atoms with van der Waals surface area (Å²) in [6.07, 6.45) is 0. The molecule has 0 bridgehead atoms. The summed E-state index contributed by atoms with van der Waals surface area (Å²) in [6, 6.07) is 17.5. The summed E-state index contributed by atoms with van der Waals surface area (Å²) >= 11 is 0. The zero-order valence-corrected chi connectivity index (χ0v) is 19.3. The summed E-state index contributed by atoms with van der Waals surface area (Å²) in [7, 11) is 0. The molecule has 156 valence electrons. The fourth-order valence-electron chi connectivity index (χ4n) is 3.00. The second-order valence-electron chi connectivity index (χ2n) is 5.28. The summed E-state index contributed by atoms with van der Waals surface area (Å²) < 4.78 is 0. The van der Waals surface area contributed by atoms with Crippen LogP contribution < -0.4 is 0 Å². The van der Waals surface area contributed by atoms with Gasteiger partial charge in [-0.3, -0.25) is 0 Å². The molecule has 0 aliphatic rings. The van der Waals surface area contributed by atoms with Crippen LogP contribution in [0.15, 0.2) is 48.5 Å². The van der Waals surface area contributed by atoms with Gasteiger partial charge in [-0.25, -0.2) is 0 Å². The van der Waals surface area contributed by atoms with Crippen molar-refractivity contribution in [2.45, 2.75) is 75.7 Å². The molecule has 0 saturated carbocycles. The minimum atomic E-state index is 0. The van der Waals surface area contributed by atoms with Crippen molar-refractivity contribution in [2.24, 2.45) is 0 Å². The molecule has 2 heteroatoms. The Balaban J connectivity index is -0.000000269. The van der Waals surface area contributed by atoms with E-state index in [1.54, 1.807) is 0 Å². The Bertz CT molecular complexity index is 674. The van der Waals surface area contributed by atoms with Crippen molar-refractivity contribution in [1.82, 2.24) is 0 Å². The third-order valence-corrected chi connectivity index (χ3v) is 3.82. The Labute approximate surface area is 229 Å². The molecule has 0 fully saturated rings. The molecule has 0 aliphatic carbocycles. The first-order valence-corrected chi connectivity index (χ1v) is 9.60. The minimum Gasteiger partial charge on any atom is -0.0776 e. The molecular formula is C25H40Ar2. The molecule has 0 saturated heterocycles. The van der Waals surface area contributed by atoms with Crippen molar-refractivity contribution < 1.29 is 75.5 Å². The van der Waals surface area contributed by atoms with Gasteiger partial charge in [-0.2, -0.15) is 0 Å². The van der Waals surface area contributed by atoms with Crippen LogP contribution in [0.5, 0.6) is 0 Å². The molecule has 3 aromatic carbocycles. The van der Waals surface area contributed by atoms with Gasteiger partial charge in [0.1, 0.15) is 0 Å². The number of rotatable bonds is 1. The maximum atomic E-state index is 2.28. The molecule has 0 aliphatic heterocycles. The van der Waals surface area contributed by atoms with Crippen molar-refractivity contribution in [3.8, 4) is 0 Å². The van der Waals surface area contributed by atoms with Crippen LogP contribution >= 0.6 is 0 Å². The molecule has 3 rings (SSSR count). The van der Waals surface area contributed by atoms with Gasteiger partial charge >= 0.3 is 0 Å². The van der Waals surface area contributed by atoms with E-state index in [1.165, 1.54) is 32.7 Å². The van der Waals surface area contributed by atoms with E-state index in [4.69, 9.17) is 0 Å². The Hall–Kier alpha value is 0.699. The summed E-state index contributed by atoms with van der Waals surface area (Å²) in [5, 5.41) is 5.59. The molecule has 0 radical (unpaired) electrons. The first-order chi connectivity index (χ1) is 11.7. The number of hydrogen-bond donors (Lipinski definition) is 0. The van der Waals surface area contributed by atoms with Crippen LogP contribution in [0.25, 0.3) is 21.5 Å². The van der Waals surface area contributed by atoms with E-state index in [1.807, 2.05) is 41.5 Å². The van der Waals surface area contributed by atoms with Crippen molar-refractivity contribution in [3.05, 3.63) is 59.7 Å². The molecule has 0 atom stereocenters. The molecule has 0 nitrogen and oxygen atoms in total. The molecule has 3 aromatic rings. The van der Waals surface area contributed by atoms with Gasteiger partial charge in [0.25, 0.3) is 0 Å². The van der Waals surface area contributed by atoms with Crippen LogP contribution in [-0.2, 0) is 0 Å². The van der Waals surface area contributed by atoms with Crippen LogP contribution in [-0.4, -0.2) is 0 Å². The predicted molar refractivity (Wildman–Crippen MR) is 121 cm³/mol. The van der Waals surface area contributed by atoms with Crippen LogP contribution in [0.3, 0.4) is 0 Å². The van der Waals surface area contributed by atoms with E-state index >= 15 is 0 Å². The van der Waals surface area contributed by atoms with Crippen LogP contribution in [0.4, 0.5) is 0 Å². The van der Waals surface area contributed by atoms with Crippen molar-refractivity contribution >= 4 is 21.5 Å². The van der Waals surface area contributed by atoms with E-state index in [9.17, 15) is 0 Å². The summed E-state index contributed by atoms with van der Waals surface area (Å²) in [4.78, 5) is 0. The monoisotopic (exact) mass is 420 g/mol. The van der Waals surface area contributed by atoms with Gasteiger partial charge < -0.3 is 0 Å². The van der Waals surface area contributed by atoms with Crippen molar-refractivity contribution in [2.75, 3.05) is 0 Å². The van der Waals surface area contributed by atoms with Crippen molar-refractivity contribution in [3.63, 3.8) is 0 Å². The van der Waals surface area contributed by atoms with Gasteiger partial charge in [-0.05, 0) is 45.5 Å². The van der Waals surface area contributed by atoms with Gasteiger partial charge in [-0.1, -0.05) is 111 Å². The maximum Gasteiger partial charge on any atom is 0 e. The molecular weight excluding hydrogens is 380 g/mol. The van der Waals surface area contributed by atoms with Gasteiger partial charge in [0.2, 0.25) is 0 Å². The third-order valence-electron chi connectivity index (χ3n) is 3.82. The number of fused-ring (bicyclic) bond motifs is 2. The van der Waals surface area contributed by atoms with E-state index < -0.39 is 0 Å². The Kier molecular flexibility index (Phi) is 26.0. The average molecular weight is 420 g/mol. The second-order valence-corrected chi connectivity index (χ2v) is 5.28. The summed E-state index contributed by atoms with van der Waals surface area (Å²) in [5.41, 5.74) is 2.87. The van der Waals surface area contributed by atoms with Gasteiger partial charge in [-0.15, -0.1) is 0 Å². The van der Waals surface area contributed by atoms with Crippen LogP contribution in [0.2, 0.25) is 0 Å². The molecule has 0 heterocycles. The second kappa shape index (κ2) is 20.0. The molecule has 0 aromatic heterocycles. The van der Waals surface area contributed by atoms with Gasteiger partial charge in [0.05, 0.1) is 0 Å². The maximum absolute atomic E-state index is 2.28. The van der Waals surface area contributed by atoms with E-state index in [-0.39, 0.29) is 82.9 Å². The van der Waals surface area contributed by atoms with E-state index in [2.05, 4.69) is 69.3 Å². The summed E-state index contributed by atoms with van der Waals surface area (Å²) in [6.45, 7) is 18.8. The quantitative estimate of drug-likeness (QED) is 0.344. The smallest absolute Gasteiger partial charge is 0 e. The largest absolute Gasteiger partial charge is 0.0776 e. The van der Waals surface area contributed by atoms with Crippen LogP contribution in [0, 0.1) is 82.4 Å². The number of hydrogen-bond acceptors (Lipinski definition) is 0. The molecule has 27 heavy (non-hydrogen) atoms. The Morgan fingerprint density at radius 2 is 0.815 bits per heavy atom. The van der Waals surface area contributed by atoms with Crippen molar-refractivity contribution in [1.29, 1.82) is 0 Å². The van der Waals surface area contributed by atoms with Gasteiger partial charge in [0.15, 0.2) is 0 Å². The number of aryl methyl sites for hydroxylation is 1. The van der Waals surface area contributed by atoms with E-state index in [0.717, 1.165) is 0 Å². The minimum absolute atomic E-state index is 0. The topological polar surface area (TPSA) is 0 Å². The zero-order chi connectivity index (χ0) is 18.7. The third kappa shape index (κ3) is 8.93. The Morgan fingerprint density at radius 1 is 0.556 bits per heavy atom. The van der Waals surface area contributed by atoms with E-state index in [0.29, 0.717) is 5.92 Å². The Morgan fingerprint density at radius 3 is 1.07 bits per heavy atom. The predicted octanol–water partition coefficient (Wildman–Crippen LogP) is 9.14. The first kappa shape index (κ1) is 35.2. The van der Waals surface area contributed by atoms with Crippen LogP contribution in [0.1, 0.15) is 79.9 Å². The normalized spacial score (nSPS) is 8.37. The molecule has 0 N–H and O–H groups in total.